The maximum absolute atomic E-state index is 11.5. The zero-order valence-corrected chi connectivity index (χ0v) is 10.0. The Labute approximate surface area is 99.4 Å². The Balaban J connectivity index is 2.26. The van der Waals surface area contributed by atoms with Crippen LogP contribution in [0.15, 0.2) is 16.9 Å². The van der Waals surface area contributed by atoms with Gasteiger partial charge in [0.05, 0.1) is 6.10 Å². The molecule has 6 heteroatoms. The molecular formula is C11H17N3O3. The highest BCUT2D eigenvalue weighted by Gasteiger charge is 2.05. The first-order valence-electron chi connectivity index (χ1n) is 5.55. The van der Waals surface area contributed by atoms with Crippen molar-refractivity contribution in [3.05, 3.63) is 28.2 Å². The highest BCUT2D eigenvalue weighted by atomic mass is 16.5. The normalized spacial score (nSPS) is 10.5. The lowest BCUT2D eigenvalue weighted by Gasteiger charge is -2.07. The fourth-order valence-corrected chi connectivity index (χ4v) is 1.15. The standard InChI is InChI=1S/C11H17N3O3/c1-8(2)17-7-3-6-12-11(16)9-4-5-10(15)14-13-9/h4-5,8H,3,6-7H2,1-2H3,(H,12,16)(H,14,15). The molecule has 1 amide bonds. The van der Waals surface area contributed by atoms with E-state index >= 15 is 0 Å². The third-order valence-electron chi connectivity index (χ3n) is 1.97. The van der Waals surface area contributed by atoms with Gasteiger partial charge in [-0.1, -0.05) is 0 Å². The fraction of sp³-hybridized carbons (Fsp3) is 0.545. The summed E-state index contributed by atoms with van der Waals surface area (Å²) >= 11 is 0. The summed E-state index contributed by atoms with van der Waals surface area (Å²) in [7, 11) is 0. The quantitative estimate of drug-likeness (QED) is 0.700. The van der Waals surface area contributed by atoms with Gasteiger partial charge in [0.2, 0.25) is 0 Å². The van der Waals surface area contributed by atoms with Crippen LogP contribution >= 0.6 is 0 Å². The highest BCUT2D eigenvalue weighted by Crippen LogP contribution is 1.91. The molecule has 1 rings (SSSR count). The summed E-state index contributed by atoms with van der Waals surface area (Å²) in [5, 5.41) is 8.52. The van der Waals surface area contributed by atoms with Crippen LogP contribution in [0.2, 0.25) is 0 Å². The van der Waals surface area contributed by atoms with E-state index < -0.39 is 0 Å². The Morgan fingerprint density at radius 1 is 1.53 bits per heavy atom. The van der Waals surface area contributed by atoms with Crippen molar-refractivity contribution in [1.29, 1.82) is 0 Å². The average Bonchev–Trinajstić information content (AvgIpc) is 2.29. The number of ether oxygens (including phenoxy) is 1. The molecule has 0 aromatic carbocycles. The Hall–Kier alpha value is -1.69. The van der Waals surface area contributed by atoms with E-state index in [4.69, 9.17) is 4.74 Å². The van der Waals surface area contributed by atoms with Gasteiger partial charge < -0.3 is 10.1 Å². The molecule has 2 N–H and O–H groups in total. The predicted molar refractivity (Wildman–Crippen MR) is 62.9 cm³/mol. The lowest BCUT2D eigenvalue weighted by molar-refractivity contribution is 0.0756. The van der Waals surface area contributed by atoms with E-state index in [1.165, 1.54) is 12.1 Å². The van der Waals surface area contributed by atoms with Crippen molar-refractivity contribution >= 4 is 5.91 Å². The van der Waals surface area contributed by atoms with Gasteiger partial charge in [-0.15, -0.1) is 0 Å². The molecule has 0 aliphatic heterocycles. The summed E-state index contributed by atoms with van der Waals surface area (Å²) in [6.07, 6.45) is 0.944. The Morgan fingerprint density at radius 3 is 2.88 bits per heavy atom. The van der Waals surface area contributed by atoms with Gasteiger partial charge in [0, 0.05) is 19.2 Å². The first kappa shape index (κ1) is 13.4. The largest absolute Gasteiger partial charge is 0.379 e. The van der Waals surface area contributed by atoms with Gasteiger partial charge in [0.1, 0.15) is 5.69 Å². The van der Waals surface area contributed by atoms with Crippen LogP contribution in [-0.4, -0.2) is 35.4 Å². The lowest BCUT2D eigenvalue weighted by atomic mass is 10.3. The smallest absolute Gasteiger partial charge is 0.271 e. The summed E-state index contributed by atoms with van der Waals surface area (Å²) in [5.74, 6) is -0.300. The molecule has 94 valence electrons. The first-order chi connectivity index (χ1) is 8.09. The van der Waals surface area contributed by atoms with Crippen LogP contribution in [0.1, 0.15) is 30.8 Å². The predicted octanol–water partition coefficient (Wildman–Crippen LogP) is 0.315. The van der Waals surface area contributed by atoms with Crippen LogP contribution in [0.5, 0.6) is 0 Å². The molecule has 0 saturated heterocycles. The summed E-state index contributed by atoms with van der Waals surface area (Å²) < 4.78 is 5.33. The number of hydrogen-bond acceptors (Lipinski definition) is 4. The number of carbonyl (C=O) groups is 1. The van der Waals surface area contributed by atoms with Crippen molar-refractivity contribution < 1.29 is 9.53 Å². The van der Waals surface area contributed by atoms with Crippen LogP contribution in [0.4, 0.5) is 0 Å². The zero-order chi connectivity index (χ0) is 12.7. The monoisotopic (exact) mass is 239 g/mol. The number of amides is 1. The maximum Gasteiger partial charge on any atom is 0.271 e. The average molecular weight is 239 g/mol. The van der Waals surface area contributed by atoms with Crippen LogP contribution in [0, 0.1) is 0 Å². The number of nitrogens with zero attached hydrogens (tertiary/aromatic N) is 1. The molecule has 0 fully saturated rings. The lowest BCUT2D eigenvalue weighted by Crippen LogP contribution is -2.27. The van der Waals surface area contributed by atoms with E-state index in [1.54, 1.807) is 0 Å². The van der Waals surface area contributed by atoms with Gasteiger partial charge in [-0.25, -0.2) is 5.10 Å². The Morgan fingerprint density at radius 2 is 2.29 bits per heavy atom. The first-order valence-corrected chi connectivity index (χ1v) is 5.55. The molecule has 0 unspecified atom stereocenters. The van der Waals surface area contributed by atoms with E-state index in [1.807, 2.05) is 13.8 Å². The Kier molecular flexibility index (Phi) is 5.35. The molecule has 0 spiro atoms. The minimum Gasteiger partial charge on any atom is -0.379 e. The number of aromatic nitrogens is 2. The molecule has 1 aromatic rings. The van der Waals surface area contributed by atoms with Crippen molar-refractivity contribution in [2.45, 2.75) is 26.4 Å². The van der Waals surface area contributed by atoms with E-state index in [0.717, 1.165) is 6.42 Å². The van der Waals surface area contributed by atoms with E-state index in [0.29, 0.717) is 13.2 Å². The highest BCUT2D eigenvalue weighted by molar-refractivity contribution is 5.91. The second-order valence-electron chi connectivity index (χ2n) is 3.84. The van der Waals surface area contributed by atoms with Gasteiger partial charge in [0.25, 0.3) is 11.5 Å². The van der Waals surface area contributed by atoms with Crippen LogP contribution in [0.3, 0.4) is 0 Å². The van der Waals surface area contributed by atoms with Gasteiger partial charge >= 0.3 is 0 Å². The molecule has 0 radical (unpaired) electrons. The van der Waals surface area contributed by atoms with Crippen LogP contribution in [0.25, 0.3) is 0 Å². The number of H-pyrrole nitrogens is 1. The molecule has 17 heavy (non-hydrogen) atoms. The van der Waals surface area contributed by atoms with Crippen molar-refractivity contribution in [2.24, 2.45) is 0 Å². The van der Waals surface area contributed by atoms with Crippen molar-refractivity contribution in [3.8, 4) is 0 Å². The molecule has 1 heterocycles. The molecular weight excluding hydrogens is 222 g/mol. The van der Waals surface area contributed by atoms with Gasteiger partial charge in [-0.3, -0.25) is 9.59 Å². The second kappa shape index (κ2) is 6.80. The van der Waals surface area contributed by atoms with Crippen LogP contribution in [-0.2, 0) is 4.74 Å². The number of rotatable bonds is 6. The molecule has 0 aliphatic carbocycles. The number of aromatic amines is 1. The van der Waals surface area contributed by atoms with Gasteiger partial charge in [0.15, 0.2) is 0 Å². The molecule has 0 saturated carbocycles. The van der Waals surface area contributed by atoms with Crippen molar-refractivity contribution in [3.63, 3.8) is 0 Å². The third kappa shape index (κ3) is 5.26. The summed E-state index contributed by atoms with van der Waals surface area (Å²) in [6.45, 7) is 5.05. The summed E-state index contributed by atoms with van der Waals surface area (Å²) in [5.41, 5.74) is -0.124. The molecule has 0 aliphatic rings. The SMILES string of the molecule is CC(C)OCCCNC(=O)c1ccc(=O)[nH]n1. The molecule has 0 atom stereocenters. The van der Waals surface area contributed by atoms with E-state index in [2.05, 4.69) is 15.5 Å². The maximum atomic E-state index is 11.5. The van der Waals surface area contributed by atoms with Gasteiger partial charge in [-0.05, 0) is 26.3 Å². The summed E-state index contributed by atoms with van der Waals surface area (Å²) in [4.78, 5) is 22.3. The number of nitrogens with one attached hydrogen (secondary N) is 2. The van der Waals surface area contributed by atoms with Crippen LogP contribution < -0.4 is 10.9 Å². The van der Waals surface area contributed by atoms with E-state index in [9.17, 15) is 9.59 Å². The van der Waals surface area contributed by atoms with Crippen molar-refractivity contribution in [2.75, 3.05) is 13.2 Å². The minimum absolute atomic E-state index is 0.201. The number of hydrogen-bond donors (Lipinski definition) is 2. The van der Waals surface area contributed by atoms with Gasteiger partial charge in [-0.2, -0.15) is 5.10 Å². The summed E-state index contributed by atoms with van der Waals surface area (Å²) in [6, 6.07) is 2.66. The fourth-order valence-electron chi connectivity index (χ4n) is 1.15. The van der Waals surface area contributed by atoms with Crippen molar-refractivity contribution in [1.82, 2.24) is 15.5 Å². The minimum atomic E-state index is -0.327. The number of carbonyl (C=O) groups excluding carboxylic acids is 1. The second-order valence-corrected chi connectivity index (χ2v) is 3.84. The zero-order valence-electron chi connectivity index (χ0n) is 10.0. The Bertz CT molecular complexity index is 394. The molecule has 0 bridgehead atoms. The van der Waals surface area contributed by atoms with E-state index in [-0.39, 0.29) is 23.3 Å². The molecule has 6 nitrogen and oxygen atoms in total. The molecule has 1 aromatic heterocycles. The topological polar surface area (TPSA) is 84.1 Å². The third-order valence-corrected chi connectivity index (χ3v) is 1.97.